The maximum absolute atomic E-state index is 13.3. The molecular weight excluding hydrogens is 193 g/mol. The van der Waals surface area contributed by atoms with Gasteiger partial charge in [0.05, 0.1) is 11.9 Å². The molecule has 0 bridgehead atoms. The third-order valence-corrected chi connectivity index (χ3v) is 2.70. The first-order valence-corrected chi connectivity index (χ1v) is 5.23. The fourth-order valence-electron chi connectivity index (χ4n) is 1.70. The second kappa shape index (κ2) is 3.35. The second-order valence-corrected chi connectivity index (χ2v) is 4.02. The number of hydrogen-bond acceptors (Lipinski definition) is 2. The highest BCUT2D eigenvalue weighted by Crippen LogP contribution is 2.23. The second-order valence-electron chi connectivity index (χ2n) is 4.02. The lowest BCUT2D eigenvalue weighted by Crippen LogP contribution is -2.14. The molecule has 0 saturated heterocycles. The lowest BCUT2D eigenvalue weighted by atomic mass is 10.2. The normalized spacial score (nSPS) is 16.1. The van der Waals surface area contributed by atoms with E-state index in [9.17, 15) is 4.39 Å². The van der Waals surface area contributed by atoms with Crippen molar-refractivity contribution >= 4 is 11.0 Å². The van der Waals surface area contributed by atoms with E-state index in [1.54, 1.807) is 18.2 Å². The molecule has 0 aliphatic heterocycles. The summed E-state index contributed by atoms with van der Waals surface area (Å²) in [4.78, 5) is 0. The van der Waals surface area contributed by atoms with E-state index in [0.29, 0.717) is 23.6 Å². The van der Waals surface area contributed by atoms with Crippen LogP contribution >= 0.6 is 0 Å². The first kappa shape index (κ1) is 8.92. The van der Waals surface area contributed by atoms with Gasteiger partial charge < -0.3 is 9.73 Å². The van der Waals surface area contributed by atoms with Crippen LogP contribution in [0.25, 0.3) is 11.0 Å². The molecule has 1 aliphatic carbocycles. The summed E-state index contributed by atoms with van der Waals surface area (Å²) in [6.45, 7) is 0.693. The van der Waals surface area contributed by atoms with E-state index < -0.39 is 0 Å². The summed E-state index contributed by atoms with van der Waals surface area (Å²) in [6, 6.07) is 7.33. The number of nitrogens with one attached hydrogen (secondary N) is 1. The topological polar surface area (TPSA) is 25.2 Å². The lowest BCUT2D eigenvalue weighted by Gasteiger charge is -1.96. The number of benzene rings is 1. The Morgan fingerprint density at radius 2 is 2.27 bits per heavy atom. The molecule has 3 heteroatoms. The highest BCUT2D eigenvalue weighted by Gasteiger charge is 2.20. The average Bonchev–Trinajstić information content (AvgIpc) is 2.95. The molecule has 2 nitrogen and oxygen atoms in total. The minimum Gasteiger partial charge on any atom is -0.460 e. The minimum absolute atomic E-state index is 0.214. The van der Waals surface area contributed by atoms with Gasteiger partial charge in [-0.3, -0.25) is 0 Å². The maximum atomic E-state index is 13.3. The van der Waals surface area contributed by atoms with Crippen molar-refractivity contribution in [1.29, 1.82) is 0 Å². The van der Waals surface area contributed by atoms with Crippen molar-refractivity contribution in [2.75, 3.05) is 0 Å². The Labute approximate surface area is 87.1 Å². The van der Waals surface area contributed by atoms with E-state index in [1.807, 2.05) is 0 Å². The van der Waals surface area contributed by atoms with E-state index >= 15 is 0 Å². The third kappa shape index (κ3) is 1.75. The Hall–Kier alpha value is -1.35. The molecule has 1 aliphatic rings. The first-order chi connectivity index (χ1) is 7.33. The largest absolute Gasteiger partial charge is 0.460 e. The molecular formula is C12H12FNO. The smallest absolute Gasteiger partial charge is 0.137 e. The molecule has 0 atom stereocenters. The van der Waals surface area contributed by atoms with Gasteiger partial charge in [0.2, 0.25) is 0 Å². The van der Waals surface area contributed by atoms with Gasteiger partial charge >= 0.3 is 0 Å². The average molecular weight is 205 g/mol. The Morgan fingerprint density at radius 1 is 1.40 bits per heavy atom. The summed E-state index contributed by atoms with van der Waals surface area (Å²) >= 11 is 0. The molecule has 2 aromatic rings. The molecule has 3 rings (SSSR count). The number of hydrogen-bond donors (Lipinski definition) is 1. The predicted molar refractivity (Wildman–Crippen MR) is 56.0 cm³/mol. The van der Waals surface area contributed by atoms with Crippen LogP contribution in [0.15, 0.2) is 28.7 Å². The summed E-state index contributed by atoms with van der Waals surface area (Å²) < 4.78 is 18.9. The maximum Gasteiger partial charge on any atom is 0.137 e. The minimum atomic E-state index is -0.214. The Kier molecular flexibility index (Phi) is 1.99. The lowest BCUT2D eigenvalue weighted by molar-refractivity contribution is 0.512. The quantitative estimate of drug-likeness (QED) is 0.833. The van der Waals surface area contributed by atoms with Gasteiger partial charge in [-0.2, -0.15) is 0 Å². The molecule has 15 heavy (non-hydrogen) atoms. The predicted octanol–water partition coefficient (Wildman–Crippen LogP) is 2.82. The summed E-state index contributed by atoms with van der Waals surface area (Å²) in [5.74, 6) is 0.593. The molecule has 1 aromatic heterocycles. The molecule has 0 radical (unpaired) electrons. The molecule has 78 valence electrons. The zero-order valence-corrected chi connectivity index (χ0v) is 8.29. The zero-order valence-electron chi connectivity index (χ0n) is 8.29. The van der Waals surface area contributed by atoms with Crippen LogP contribution in [0.5, 0.6) is 0 Å². The van der Waals surface area contributed by atoms with Crippen LogP contribution in [0.3, 0.4) is 0 Å². The molecule has 1 fully saturated rings. The third-order valence-electron chi connectivity index (χ3n) is 2.70. The number of furan rings is 1. The van der Waals surface area contributed by atoms with Gasteiger partial charge in [-0.1, -0.05) is 6.07 Å². The van der Waals surface area contributed by atoms with E-state index in [0.717, 1.165) is 5.76 Å². The van der Waals surface area contributed by atoms with Crippen molar-refractivity contribution in [2.24, 2.45) is 0 Å². The summed E-state index contributed by atoms with van der Waals surface area (Å²) in [7, 11) is 0. The standard InChI is InChI=1S/C12H12FNO/c13-11-2-1-3-12-10(11)6-9(15-12)7-14-8-4-5-8/h1-3,6,8,14H,4-5,7H2. The highest BCUT2D eigenvalue weighted by molar-refractivity contribution is 5.78. The Balaban J connectivity index is 1.88. The van der Waals surface area contributed by atoms with Crippen molar-refractivity contribution in [3.63, 3.8) is 0 Å². The number of halogens is 1. The van der Waals surface area contributed by atoms with E-state index in [1.165, 1.54) is 18.9 Å². The zero-order chi connectivity index (χ0) is 10.3. The van der Waals surface area contributed by atoms with Gasteiger partial charge in [0.15, 0.2) is 0 Å². The summed E-state index contributed by atoms with van der Waals surface area (Å²) in [5, 5.41) is 3.91. The van der Waals surface area contributed by atoms with Crippen molar-refractivity contribution in [3.05, 3.63) is 35.8 Å². The van der Waals surface area contributed by atoms with Crippen LogP contribution in [0.2, 0.25) is 0 Å². The number of fused-ring (bicyclic) bond motifs is 1. The van der Waals surface area contributed by atoms with Gasteiger partial charge in [0, 0.05) is 6.04 Å². The molecule has 0 amide bonds. The van der Waals surface area contributed by atoms with Crippen LogP contribution in [0.1, 0.15) is 18.6 Å². The monoisotopic (exact) mass is 205 g/mol. The fraction of sp³-hybridized carbons (Fsp3) is 0.333. The molecule has 1 N–H and O–H groups in total. The van der Waals surface area contributed by atoms with E-state index in [-0.39, 0.29) is 5.82 Å². The van der Waals surface area contributed by atoms with Crippen LogP contribution in [-0.2, 0) is 6.54 Å². The molecule has 1 saturated carbocycles. The van der Waals surface area contributed by atoms with Crippen molar-refractivity contribution in [1.82, 2.24) is 5.32 Å². The fourth-order valence-corrected chi connectivity index (χ4v) is 1.70. The van der Waals surface area contributed by atoms with Crippen molar-refractivity contribution in [3.8, 4) is 0 Å². The Morgan fingerprint density at radius 3 is 3.00 bits per heavy atom. The van der Waals surface area contributed by atoms with Crippen LogP contribution in [0, 0.1) is 5.82 Å². The van der Waals surface area contributed by atoms with Gasteiger partial charge in [-0.05, 0) is 31.0 Å². The van der Waals surface area contributed by atoms with E-state index in [2.05, 4.69) is 5.32 Å². The van der Waals surface area contributed by atoms with Gasteiger partial charge in [-0.25, -0.2) is 4.39 Å². The Bertz CT molecular complexity index is 487. The van der Waals surface area contributed by atoms with Crippen LogP contribution < -0.4 is 5.32 Å². The SMILES string of the molecule is Fc1cccc2oc(CNC3CC3)cc12. The summed E-state index contributed by atoms with van der Waals surface area (Å²) in [5.41, 5.74) is 0.627. The van der Waals surface area contributed by atoms with Gasteiger partial charge in [0.25, 0.3) is 0 Å². The highest BCUT2D eigenvalue weighted by atomic mass is 19.1. The first-order valence-electron chi connectivity index (χ1n) is 5.23. The molecule has 0 unspecified atom stereocenters. The van der Waals surface area contributed by atoms with Crippen molar-refractivity contribution in [2.45, 2.75) is 25.4 Å². The van der Waals surface area contributed by atoms with Crippen LogP contribution in [0.4, 0.5) is 4.39 Å². The van der Waals surface area contributed by atoms with Gasteiger partial charge in [-0.15, -0.1) is 0 Å². The molecule has 0 spiro atoms. The van der Waals surface area contributed by atoms with Crippen molar-refractivity contribution < 1.29 is 8.81 Å². The molecule has 1 heterocycles. The van der Waals surface area contributed by atoms with Gasteiger partial charge in [0.1, 0.15) is 17.2 Å². The molecule has 1 aromatic carbocycles. The summed E-state index contributed by atoms with van der Waals surface area (Å²) in [6.07, 6.45) is 2.49. The van der Waals surface area contributed by atoms with E-state index in [4.69, 9.17) is 4.42 Å². The van der Waals surface area contributed by atoms with Crippen LogP contribution in [-0.4, -0.2) is 6.04 Å². The number of rotatable bonds is 3.